The number of aliphatic carboxylic acids is 1. The number of hydrogen-bond donors (Lipinski definition) is 1. The van der Waals surface area contributed by atoms with Gasteiger partial charge in [-0.25, -0.2) is 4.79 Å². The van der Waals surface area contributed by atoms with Crippen LogP contribution in [-0.2, 0) is 9.59 Å². The van der Waals surface area contributed by atoms with E-state index in [2.05, 4.69) is 20.8 Å². The molecule has 1 N–H and O–H groups in total. The number of nitrogens with zero attached hydrogens (tertiary/aromatic N) is 1. The molecule has 1 aliphatic carbocycles. The van der Waals surface area contributed by atoms with Crippen molar-refractivity contribution in [2.75, 3.05) is 7.05 Å². The van der Waals surface area contributed by atoms with Gasteiger partial charge in [-0.2, -0.15) is 0 Å². The lowest BCUT2D eigenvalue weighted by Gasteiger charge is -2.51. The van der Waals surface area contributed by atoms with E-state index in [4.69, 9.17) is 0 Å². The van der Waals surface area contributed by atoms with Gasteiger partial charge in [-0.1, -0.05) is 33.6 Å². The molecule has 0 heterocycles. The molecule has 0 aromatic rings. The predicted octanol–water partition coefficient (Wildman–Crippen LogP) is 2.52. The van der Waals surface area contributed by atoms with Crippen LogP contribution >= 0.6 is 0 Å². The largest absolute Gasteiger partial charge is 0.479 e. The summed E-state index contributed by atoms with van der Waals surface area (Å²) in [6.07, 6.45) is 3.34. The zero-order valence-electron chi connectivity index (χ0n) is 12.1. The van der Waals surface area contributed by atoms with Crippen molar-refractivity contribution in [3.63, 3.8) is 0 Å². The molecule has 1 fully saturated rings. The van der Waals surface area contributed by atoms with Crippen molar-refractivity contribution >= 4 is 11.9 Å². The molecule has 1 amide bonds. The predicted molar refractivity (Wildman–Crippen MR) is 70.2 cm³/mol. The maximum atomic E-state index is 11.9. The van der Waals surface area contributed by atoms with Crippen molar-refractivity contribution in [2.24, 2.45) is 11.3 Å². The molecular weight excluding hydrogens is 230 g/mol. The van der Waals surface area contributed by atoms with Crippen LogP contribution in [0.15, 0.2) is 0 Å². The minimum Gasteiger partial charge on any atom is -0.479 e. The summed E-state index contributed by atoms with van der Waals surface area (Å²) < 4.78 is 0. The number of hydrogen-bond acceptors (Lipinski definition) is 2. The third-order valence-electron chi connectivity index (χ3n) is 4.36. The molecule has 18 heavy (non-hydrogen) atoms. The first-order chi connectivity index (χ1) is 8.14. The van der Waals surface area contributed by atoms with Gasteiger partial charge in [0.25, 0.3) is 0 Å². The van der Waals surface area contributed by atoms with Gasteiger partial charge in [-0.05, 0) is 24.2 Å². The fourth-order valence-corrected chi connectivity index (χ4v) is 3.39. The van der Waals surface area contributed by atoms with Crippen LogP contribution in [-0.4, -0.2) is 34.5 Å². The molecular formula is C14H25NO3. The highest BCUT2D eigenvalue weighted by Crippen LogP contribution is 2.47. The molecule has 4 nitrogen and oxygen atoms in total. The average molecular weight is 255 g/mol. The van der Waals surface area contributed by atoms with Gasteiger partial charge in [0, 0.05) is 14.0 Å². The van der Waals surface area contributed by atoms with Gasteiger partial charge in [-0.15, -0.1) is 0 Å². The van der Waals surface area contributed by atoms with Crippen molar-refractivity contribution < 1.29 is 14.7 Å². The highest BCUT2D eigenvalue weighted by Gasteiger charge is 2.55. The van der Waals surface area contributed by atoms with Crippen molar-refractivity contribution in [2.45, 2.75) is 58.9 Å². The van der Waals surface area contributed by atoms with Crippen LogP contribution in [0.4, 0.5) is 0 Å². The Morgan fingerprint density at radius 3 is 2.22 bits per heavy atom. The average Bonchev–Trinajstić information content (AvgIpc) is 2.26. The summed E-state index contributed by atoms with van der Waals surface area (Å²) in [5.41, 5.74) is -1.16. The van der Waals surface area contributed by atoms with Gasteiger partial charge in [0.05, 0.1) is 0 Å². The number of carboxylic acid groups (broad SMARTS) is 1. The Labute approximate surface area is 109 Å². The van der Waals surface area contributed by atoms with Gasteiger partial charge in [0.2, 0.25) is 5.91 Å². The quantitative estimate of drug-likeness (QED) is 0.825. The van der Waals surface area contributed by atoms with Gasteiger partial charge in [0.1, 0.15) is 5.54 Å². The highest BCUT2D eigenvalue weighted by molar-refractivity contribution is 5.86. The topological polar surface area (TPSA) is 57.6 Å². The fourth-order valence-electron chi connectivity index (χ4n) is 3.39. The molecule has 0 spiro atoms. The van der Waals surface area contributed by atoms with Crippen molar-refractivity contribution in [1.82, 2.24) is 4.90 Å². The smallest absolute Gasteiger partial charge is 0.329 e. The number of carbonyl (C=O) groups excluding carboxylic acids is 1. The second-order valence-corrected chi connectivity index (χ2v) is 6.47. The van der Waals surface area contributed by atoms with Crippen LogP contribution in [0.5, 0.6) is 0 Å². The number of amides is 1. The fraction of sp³-hybridized carbons (Fsp3) is 0.857. The summed E-state index contributed by atoms with van der Waals surface area (Å²) in [5.74, 6) is -1.04. The molecule has 0 radical (unpaired) electrons. The first kappa shape index (κ1) is 15.0. The SMILES string of the molecule is CC(=O)N(C)C1(C(=O)O)CCCCC1C(C)(C)C. The van der Waals surface area contributed by atoms with E-state index in [1.807, 2.05) is 0 Å². The molecule has 1 aliphatic rings. The summed E-state index contributed by atoms with van der Waals surface area (Å²) in [4.78, 5) is 25.0. The maximum Gasteiger partial charge on any atom is 0.329 e. The second kappa shape index (κ2) is 4.90. The Morgan fingerprint density at radius 1 is 1.28 bits per heavy atom. The minimum atomic E-state index is -1.04. The molecule has 0 saturated heterocycles. The lowest BCUT2D eigenvalue weighted by Crippen LogP contribution is -2.63. The van der Waals surface area contributed by atoms with E-state index in [1.54, 1.807) is 7.05 Å². The van der Waals surface area contributed by atoms with Crippen LogP contribution in [0.2, 0.25) is 0 Å². The lowest BCUT2D eigenvalue weighted by atomic mass is 9.61. The highest BCUT2D eigenvalue weighted by atomic mass is 16.4. The standard InChI is InChI=1S/C14H25NO3/c1-10(16)15(5)14(12(17)18)9-7-6-8-11(14)13(2,3)4/h11H,6-9H2,1-5H3,(H,17,18). The molecule has 1 rings (SSSR count). The zero-order valence-corrected chi connectivity index (χ0v) is 12.1. The second-order valence-electron chi connectivity index (χ2n) is 6.47. The van der Waals surface area contributed by atoms with E-state index in [0.29, 0.717) is 6.42 Å². The van der Waals surface area contributed by atoms with Crippen molar-refractivity contribution in [1.29, 1.82) is 0 Å². The summed E-state index contributed by atoms with van der Waals surface area (Å²) in [6.45, 7) is 7.64. The first-order valence-electron chi connectivity index (χ1n) is 6.62. The number of carboxylic acids is 1. The molecule has 0 aromatic carbocycles. The number of rotatable bonds is 2. The summed E-state index contributed by atoms with van der Waals surface area (Å²) >= 11 is 0. The van der Waals surface area contributed by atoms with E-state index < -0.39 is 11.5 Å². The maximum absolute atomic E-state index is 11.9. The Bertz CT molecular complexity index is 345. The van der Waals surface area contributed by atoms with Crippen LogP contribution in [0.3, 0.4) is 0 Å². The first-order valence-corrected chi connectivity index (χ1v) is 6.62. The van der Waals surface area contributed by atoms with Gasteiger partial charge in [-0.3, -0.25) is 4.79 Å². The molecule has 0 aromatic heterocycles. The molecule has 104 valence electrons. The number of carbonyl (C=O) groups is 2. The summed E-state index contributed by atoms with van der Waals surface area (Å²) in [7, 11) is 1.63. The Morgan fingerprint density at radius 2 is 1.83 bits per heavy atom. The van der Waals surface area contributed by atoms with Crippen LogP contribution in [0.1, 0.15) is 53.4 Å². The Balaban J connectivity index is 3.29. The normalized spacial score (nSPS) is 28.8. The van der Waals surface area contributed by atoms with E-state index in [-0.39, 0.29) is 17.2 Å². The van der Waals surface area contributed by atoms with E-state index in [1.165, 1.54) is 11.8 Å². The third-order valence-corrected chi connectivity index (χ3v) is 4.36. The number of likely N-dealkylation sites (N-methyl/N-ethyl adjacent to an activating group) is 1. The van der Waals surface area contributed by atoms with Crippen molar-refractivity contribution in [3.05, 3.63) is 0 Å². The minimum absolute atomic E-state index is 0.00912. The summed E-state index contributed by atoms with van der Waals surface area (Å²) in [5, 5.41) is 9.75. The van der Waals surface area contributed by atoms with Crippen molar-refractivity contribution in [3.8, 4) is 0 Å². The van der Waals surface area contributed by atoms with E-state index >= 15 is 0 Å². The van der Waals surface area contributed by atoms with Gasteiger partial charge < -0.3 is 10.0 Å². The monoisotopic (exact) mass is 255 g/mol. The van der Waals surface area contributed by atoms with Crippen LogP contribution in [0, 0.1) is 11.3 Å². The molecule has 2 atom stereocenters. The molecule has 0 aliphatic heterocycles. The molecule has 1 saturated carbocycles. The lowest BCUT2D eigenvalue weighted by molar-refractivity contribution is -0.168. The molecule has 4 heteroatoms. The van der Waals surface area contributed by atoms with Gasteiger partial charge >= 0.3 is 5.97 Å². The Kier molecular flexibility index (Phi) is 4.08. The molecule has 2 unspecified atom stereocenters. The van der Waals surface area contributed by atoms with E-state index in [9.17, 15) is 14.7 Å². The van der Waals surface area contributed by atoms with Crippen LogP contribution < -0.4 is 0 Å². The van der Waals surface area contributed by atoms with E-state index in [0.717, 1.165) is 19.3 Å². The third kappa shape index (κ3) is 2.38. The van der Waals surface area contributed by atoms with Crippen LogP contribution in [0.25, 0.3) is 0 Å². The molecule has 0 bridgehead atoms. The summed E-state index contributed by atoms with van der Waals surface area (Å²) in [6, 6.07) is 0. The zero-order chi connectivity index (χ0) is 14.1. The Hall–Kier alpha value is -1.06. The van der Waals surface area contributed by atoms with Gasteiger partial charge in [0.15, 0.2) is 0 Å².